The van der Waals surface area contributed by atoms with Gasteiger partial charge in [-0.05, 0) is 103 Å². The van der Waals surface area contributed by atoms with Crippen LogP contribution >= 0.6 is 0 Å². The second-order valence-corrected chi connectivity index (χ2v) is 20.2. The molecule has 2 N–H and O–H groups in total. The van der Waals surface area contributed by atoms with Crippen LogP contribution in [0.3, 0.4) is 0 Å². The summed E-state index contributed by atoms with van der Waals surface area (Å²) >= 11 is 0. The molecule has 0 unspecified atom stereocenters. The molecule has 408 valence electrons. The molecule has 0 heterocycles. The Morgan fingerprint density at radius 1 is 0.357 bits per heavy atom. The van der Waals surface area contributed by atoms with E-state index in [1.807, 2.05) is 0 Å². The normalized spacial score (nSPS) is 13.6. The molecule has 0 bridgehead atoms. The third kappa shape index (κ3) is 44.0. The molecule has 0 rings (SSSR count). The summed E-state index contributed by atoms with van der Waals surface area (Å²) in [5.41, 5.74) is 0. The van der Waals surface area contributed by atoms with Crippen molar-refractivity contribution in [2.24, 2.45) is 0 Å². The zero-order valence-electron chi connectivity index (χ0n) is 45.9. The maximum absolute atomic E-state index is 13.4. The average Bonchev–Trinajstić information content (AvgIpc) is 3.35. The van der Waals surface area contributed by atoms with Gasteiger partial charge in [0.05, 0.1) is 6.61 Å². The first-order chi connectivity index (χ1) is 34.2. The smallest absolute Gasteiger partial charge is 0.306 e. The lowest BCUT2D eigenvalue weighted by molar-refractivity contribution is -0.198. The highest BCUT2D eigenvalue weighted by Crippen LogP contribution is 2.22. The first-order valence-corrected chi connectivity index (χ1v) is 29.5. The molecule has 0 aromatic rings. The maximum atomic E-state index is 13.4. The Balaban J connectivity index is 5.21. The molecular formula is C61H110O9. The molecule has 9 nitrogen and oxygen atoms in total. The van der Waals surface area contributed by atoms with Crippen LogP contribution in [0.4, 0.5) is 0 Å². The second-order valence-electron chi connectivity index (χ2n) is 20.2. The molecule has 0 aromatic heterocycles. The first kappa shape index (κ1) is 67.2. The third-order valence-electron chi connectivity index (χ3n) is 13.3. The number of ketones is 1. The second kappa shape index (κ2) is 52.5. The number of aliphatic hydroxyl groups excluding tert-OH is 2. The number of rotatable bonds is 53. The Hall–Kier alpha value is -2.78. The van der Waals surface area contributed by atoms with Gasteiger partial charge in [0.15, 0.2) is 24.1 Å². The maximum Gasteiger partial charge on any atom is 0.306 e. The summed E-state index contributed by atoms with van der Waals surface area (Å²) in [5.74, 6) is -2.53. The van der Waals surface area contributed by atoms with E-state index in [0.717, 1.165) is 116 Å². The van der Waals surface area contributed by atoms with E-state index in [4.69, 9.17) is 14.2 Å². The van der Waals surface area contributed by atoms with Crippen LogP contribution < -0.4 is 0 Å². The van der Waals surface area contributed by atoms with Crippen molar-refractivity contribution in [1.29, 1.82) is 0 Å². The Bertz CT molecular complexity index is 1290. The molecule has 0 radical (unpaired) electrons. The van der Waals surface area contributed by atoms with E-state index in [9.17, 15) is 29.4 Å². The molecule has 0 aliphatic rings. The third-order valence-corrected chi connectivity index (χ3v) is 13.3. The van der Waals surface area contributed by atoms with Gasteiger partial charge in [0, 0.05) is 19.3 Å². The van der Waals surface area contributed by atoms with Gasteiger partial charge >= 0.3 is 17.9 Å². The van der Waals surface area contributed by atoms with E-state index in [1.165, 1.54) is 122 Å². The number of ether oxygens (including phenoxy) is 3. The van der Waals surface area contributed by atoms with Crippen molar-refractivity contribution in [2.75, 3.05) is 6.61 Å². The summed E-state index contributed by atoms with van der Waals surface area (Å²) in [5, 5.41) is 21.1. The van der Waals surface area contributed by atoms with Crippen molar-refractivity contribution in [3.05, 3.63) is 36.5 Å². The van der Waals surface area contributed by atoms with Crippen LogP contribution in [0.25, 0.3) is 0 Å². The van der Waals surface area contributed by atoms with Gasteiger partial charge in [-0.15, -0.1) is 0 Å². The number of hydrogen-bond donors (Lipinski definition) is 2. The minimum absolute atomic E-state index is 0.0486. The fraction of sp³-hybridized carbons (Fsp3) is 0.836. The van der Waals surface area contributed by atoms with Crippen LogP contribution in [0.2, 0.25) is 0 Å². The van der Waals surface area contributed by atoms with Crippen molar-refractivity contribution < 1.29 is 43.6 Å². The van der Waals surface area contributed by atoms with Gasteiger partial charge in [-0.25, -0.2) is 0 Å². The Morgan fingerprint density at radius 3 is 0.871 bits per heavy atom. The summed E-state index contributed by atoms with van der Waals surface area (Å²) in [6, 6.07) is 0. The molecule has 0 aliphatic heterocycles. The zero-order valence-corrected chi connectivity index (χ0v) is 45.9. The van der Waals surface area contributed by atoms with Gasteiger partial charge in [-0.2, -0.15) is 0 Å². The Morgan fingerprint density at radius 2 is 0.600 bits per heavy atom. The highest BCUT2D eigenvalue weighted by Gasteiger charge is 2.44. The lowest BCUT2D eigenvalue weighted by Gasteiger charge is -2.33. The number of allylic oxidation sites excluding steroid dienone is 6. The summed E-state index contributed by atoms with van der Waals surface area (Å²) < 4.78 is 17.3. The van der Waals surface area contributed by atoms with Gasteiger partial charge in [0.25, 0.3) is 0 Å². The lowest BCUT2D eigenvalue weighted by atomic mass is 9.99. The van der Waals surface area contributed by atoms with Gasteiger partial charge in [0.2, 0.25) is 0 Å². The van der Waals surface area contributed by atoms with Crippen LogP contribution in [0, 0.1) is 0 Å². The van der Waals surface area contributed by atoms with Crippen LogP contribution in [-0.2, 0) is 33.4 Å². The molecule has 0 saturated carbocycles. The molecule has 0 fully saturated rings. The standard InChI is InChI=1S/C61H110O9/c1-5-8-11-14-17-20-23-26-29-32-35-38-41-44-47-50-56(65)68-59(54(4)63)61(70-58(67)52-49-46-43-40-37-34-31-28-25-22-19-16-13-10-7-3)60(55(64)53-62)69-57(66)51-48-45-42-39-36-33-30-27-24-21-18-15-12-9-6-2/h26-31,55,59-62,64H,5-25,32-53H2,1-4H3/t55-,59+,60-,61-/m1/s1. The summed E-state index contributed by atoms with van der Waals surface area (Å²) in [6.07, 6.45) is 51.0. The number of hydrogen-bond acceptors (Lipinski definition) is 9. The molecular weight excluding hydrogens is 877 g/mol. The topological polar surface area (TPSA) is 136 Å². The molecule has 0 spiro atoms. The monoisotopic (exact) mass is 987 g/mol. The van der Waals surface area contributed by atoms with E-state index >= 15 is 0 Å². The van der Waals surface area contributed by atoms with E-state index in [1.54, 1.807) is 0 Å². The van der Waals surface area contributed by atoms with Gasteiger partial charge < -0.3 is 24.4 Å². The largest absolute Gasteiger partial charge is 0.455 e. The predicted octanol–water partition coefficient (Wildman–Crippen LogP) is 16.8. The fourth-order valence-corrected chi connectivity index (χ4v) is 8.79. The number of unbranched alkanes of at least 4 members (excludes halogenated alkanes) is 33. The number of aliphatic hydroxyl groups is 2. The first-order valence-electron chi connectivity index (χ1n) is 29.5. The van der Waals surface area contributed by atoms with Crippen molar-refractivity contribution in [3.63, 3.8) is 0 Å². The summed E-state index contributed by atoms with van der Waals surface area (Å²) in [4.78, 5) is 53.0. The molecule has 70 heavy (non-hydrogen) atoms. The fourth-order valence-electron chi connectivity index (χ4n) is 8.79. The SMILES string of the molecule is CCCCCCCCC=CCCCCCCCC(=O)O[C@@H]([C@H](OC(=O)CCCCCCCC=CCCCCCCCC)[C@@H](OC(=O)CCCCCCCC=CCCCCCCCC)C(C)=O)[C@H](O)CO. The van der Waals surface area contributed by atoms with Crippen LogP contribution in [0.1, 0.15) is 297 Å². The number of carbonyl (C=O) groups excluding carboxylic acids is 4. The summed E-state index contributed by atoms with van der Waals surface area (Å²) in [7, 11) is 0. The summed E-state index contributed by atoms with van der Waals surface area (Å²) in [6.45, 7) is 7.13. The van der Waals surface area contributed by atoms with Gasteiger partial charge in [-0.1, -0.05) is 211 Å². The van der Waals surface area contributed by atoms with Crippen molar-refractivity contribution >= 4 is 23.7 Å². The minimum Gasteiger partial charge on any atom is -0.455 e. The van der Waals surface area contributed by atoms with Gasteiger partial charge in [-0.3, -0.25) is 19.2 Å². The average molecular weight is 988 g/mol. The molecule has 0 amide bonds. The predicted molar refractivity (Wildman–Crippen MR) is 292 cm³/mol. The number of Topliss-reactive ketones (excluding diaryl/α,β-unsaturated/α-hetero) is 1. The van der Waals surface area contributed by atoms with E-state index < -0.39 is 54.7 Å². The minimum atomic E-state index is -1.68. The highest BCUT2D eigenvalue weighted by atomic mass is 16.6. The molecule has 9 heteroatoms. The zero-order chi connectivity index (χ0) is 51.4. The Labute approximate surface area is 430 Å². The van der Waals surface area contributed by atoms with Crippen molar-refractivity contribution in [3.8, 4) is 0 Å². The molecule has 0 aliphatic carbocycles. The highest BCUT2D eigenvalue weighted by molar-refractivity contribution is 5.85. The molecule has 0 aromatic carbocycles. The van der Waals surface area contributed by atoms with Crippen molar-refractivity contribution in [1.82, 2.24) is 0 Å². The van der Waals surface area contributed by atoms with E-state index in [0.29, 0.717) is 19.3 Å². The molecule has 0 saturated heterocycles. The quantitative estimate of drug-likeness (QED) is 0.0264. The molecule has 4 atom stereocenters. The van der Waals surface area contributed by atoms with E-state index in [2.05, 4.69) is 57.2 Å². The lowest BCUT2D eigenvalue weighted by Crippen LogP contribution is -2.54. The van der Waals surface area contributed by atoms with Crippen LogP contribution in [0.15, 0.2) is 36.5 Å². The Kier molecular flexibility index (Phi) is 50.5. The van der Waals surface area contributed by atoms with Gasteiger partial charge in [0.1, 0.15) is 6.10 Å². The van der Waals surface area contributed by atoms with Crippen LogP contribution in [-0.4, -0.2) is 64.9 Å². The number of carbonyl (C=O) groups is 4. The number of esters is 3. The van der Waals surface area contributed by atoms with E-state index in [-0.39, 0.29) is 19.3 Å². The van der Waals surface area contributed by atoms with Crippen molar-refractivity contribution in [2.45, 2.75) is 322 Å². The van der Waals surface area contributed by atoms with Crippen LogP contribution in [0.5, 0.6) is 0 Å².